The van der Waals surface area contributed by atoms with E-state index in [-0.39, 0.29) is 17.9 Å². The van der Waals surface area contributed by atoms with Crippen LogP contribution in [0.25, 0.3) is 0 Å². The highest BCUT2D eigenvalue weighted by molar-refractivity contribution is 5.90. The van der Waals surface area contributed by atoms with E-state index in [9.17, 15) is 9.59 Å². The topological polar surface area (TPSA) is 84.7 Å². The van der Waals surface area contributed by atoms with E-state index >= 15 is 0 Å². The van der Waals surface area contributed by atoms with Crippen LogP contribution in [-0.4, -0.2) is 48.0 Å². The van der Waals surface area contributed by atoms with Crippen molar-refractivity contribution >= 4 is 11.8 Å². The third-order valence-corrected chi connectivity index (χ3v) is 4.90. The van der Waals surface area contributed by atoms with Crippen LogP contribution in [0.1, 0.15) is 46.1 Å². The van der Waals surface area contributed by atoms with Crippen LogP contribution in [0.2, 0.25) is 0 Å². The predicted octanol–water partition coefficient (Wildman–Crippen LogP) is 2.07. The fourth-order valence-corrected chi connectivity index (χ4v) is 3.27. The van der Waals surface area contributed by atoms with Crippen LogP contribution in [0, 0.1) is 5.41 Å². The van der Waals surface area contributed by atoms with Crippen molar-refractivity contribution in [3.05, 3.63) is 35.9 Å². The minimum Gasteiger partial charge on any atom is -0.375 e. The Morgan fingerprint density at radius 3 is 2.56 bits per heavy atom. The molecule has 0 radical (unpaired) electrons. The van der Waals surface area contributed by atoms with Gasteiger partial charge in [0.2, 0.25) is 11.8 Å². The summed E-state index contributed by atoms with van der Waals surface area (Å²) >= 11 is 0. The fourth-order valence-electron chi connectivity index (χ4n) is 3.27. The van der Waals surface area contributed by atoms with Crippen LogP contribution in [0.5, 0.6) is 0 Å². The molecule has 3 atom stereocenters. The molecule has 6 nitrogen and oxygen atoms in total. The first-order valence-electron chi connectivity index (χ1n) is 9.68. The highest BCUT2D eigenvalue weighted by Gasteiger charge is 2.39. The summed E-state index contributed by atoms with van der Waals surface area (Å²) in [4.78, 5) is 27.2. The van der Waals surface area contributed by atoms with Gasteiger partial charge in [-0.25, -0.2) is 0 Å². The van der Waals surface area contributed by atoms with E-state index in [1.54, 1.807) is 6.92 Å². The number of hydrogen-bond donors (Lipinski definition) is 2. The maximum Gasteiger partial charge on any atom is 0.246 e. The summed E-state index contributed by atoms with van der Waals surface area (Å²) in [7, 11) is 0. The van der Waals surface area contributed by atoms with Gasteiger partial charge in [0.1, 0.15) is 6.04 Å². The number of rotatable bonds is 7. The van der Waals surface area contributed by atoms with Crippen LogP contribution in [0.15, 0.2) is 30.3 Å². The molecular formula is C21H33N3O3. The monoisotopic (exact) mass is 375 g/mol. The summed E-state index contributed by atoms with van der Waals surface area (Å²) < 4.78 is 5.87. The molecule has 0 aromatic heterocycles. The molecule has 1 heterocycles. The fraction of sp³-hybridized carbons (Fsp3) is 0.619. The molecule has 1 aliphatic heterocycles. The van der Waals surface area contributed by atoms with E-state index in [1.165, 1.54) is 0 Å². The zero-order valence-electron chi connectivity index (χ0n) is 16.9. The molecule has 1 aromatic carbocycles. The number of nitrogens with one attached hydrogen (secondary N) is 1. The van der Waals surface area contributed by atoms with Crippen LogP contribution >= 0.6 is 0 Å². The SMILES string of the molecule is C[C@H](N)C(=O)N[C@H](C(=O)N1CCC[C@H]1COCc1ccccc1)C(C)(C)C. The summed E-state index contributed by atoms with van der Waals surface area (Å²) in [6.45, 7) is 9.20. The second-order valence-electron chi connectivity index (χ2n) is 8.42. The Bertz CT molecular complexity index is 625. The van der Waals surface area contributed by atoms with Gasteiger partial charge in [0.15, 0.2) is 0 Å². The minimum atomic E-state index is -0.647. The average molecular weight is 376 g/mol. The van der Waals surface area contributed by atoms with Gasteiger partial charge in [0.05, 0.1) is 25.3 Å². The van der Waals surface area contributed by atoms with Crippen LogP contribution in [-0.2, 0) is 20.9 Å². The molecule has 0 aliphatic carbocycles. The first kappa shape index (κ1) is 21.4. The molecule has 0 saturated carbocycles. The maximum atomic E-state index is 13.2. The molecule has 0 spiro atoms. The van der Waals surface area contributed by atoms with Crippen LogP contribution < -0.4 is 11.1 Å². The molecule has 0 unspecified atom stereocenters. The van der Waals surface area contributed by atoms with E-state index in [0.717, 1.165) is 18.4 Å². The van der Waals surface area contributed by atoms with Gasteiger partial charge < -0.3 is 20.7 Å². The molecule has 6 heteroatoms. The number of amides is 2. The van der Waals surface area contributed by atoms with Crippen molar-refractivity contribution in [2.75, 3.05) is 13.2 Å². The van der Waals surface area contributed by atoms with Crippen molar-refractivity contribution in [2.45, 2.75) is 65.3 Å². The number of hydrogen-bond acceptors (Lipinski definition) is 4. The highest BCUT2D eigenvalue weighted by atomic mass is 16.5. The lowest BCUT2D eigenvalue weighted by Crippen LogP contribution is -2.58. The Hall–Kier alpha value is -1.92. The van der Waals surface area contributed by atoms with Gasteiger partial charge in [-0.1, -0.05) is 51.1 Å². The maximum absolute atomic E-state index is 13.2. The summed E-state index contributed by atoms with van der Waals surface area (Å²) in [5, 5.41) is 2.84. The molecule has 0 bridgehead atoms. The first-order valence-corrected chi connectivity index (χ1v) is 9.68. The normalized spacial score (nSPS) is 19.6. The molecule has 1 fully saturated rings. The quantitative estimate of drug-likeness (QED) is 0.764. The van der Waals surface area contributed by atoms with Crippen molar-refractivity contribution in [3.8, 4) is 0 Å². The molecule has 1 aliphatic rings. The lowest BCUT2D eigenvalue weighted by molar-refractivity contribution is -0.141. The van der Waals surface area contributed by atoms with E-state index < -0.39 is 17.5 Å². The second-order valence-corrected chi connectivity index (χ2v) is 8.42. The molecule has 150 valence electrons. The number of ether oxygens (including phenoxy) is 1. The Morgan fingerprint density at radius 1 is 1.30 bits per heavy atom. The van der Waals surface area contributed by atoms with Gasteiger partial charge in [0.25, 0.3) is 0 Å². The van der Waals surface area contributed by atoms with Crippen LogP contribution in [0.3, 0.4) is 0 Å². The number of benzene rings is 1. The Balaban J connectivity index is 1.99. The standard InChI is InChI=1S/C21H33N3O3/c1-15(22)19(25)23-18(21(2,3)4)20(26)24-12-8-11-17(24)14-27-13-16-9-6-5-7-10-16/h5-7,9-10,15,17-18H,8,11-14,22H2,1-4H3,(H,23,25)/t15-,17-,18+/m0/s1. The average Bonchev–Trinajstić information content (AvgIpc) is 3.07. The highest BCUT2D eigenvalue weighted by Crippen LogP contribution is 2.26. The summed E-state index contributed by atoms with van der Waals surface area (Å²) in [5.41, 5.74) is 6.39. The molecule has 1 aromatic rings. The third-order valence-electron chi connectivity index (χ3n) is 4.90. The first-order chi connectivity index (χ1) is 12.7. The van der Waals surface area contributed by atoms with Gasteiger partial charge in [-0.3, -0.25) is 9.59 Å². The Labute approximate surface area is 162 Å². The molecule has 2 rings (SSSR count). The van der Waals surface area contributed by atoms with Gasteiger partial charge in [-0.2, -0.15) is 0 Å². The Morgan fingerprint density at radius 2 is 1.96 bits per heavy atom. The van der Waals surface area contributed by atoms with Gasteiger partial charge in [0, 0.05) is 6.54 Å². The number of nitrogens with two attached hydrogens (primary N) is 1. The number of carbonyl (C=O) groups is 2. The van der Waals surface area contributed by atoms with Crippen LogP contribution in [0.4, 0.5) is 0 Å². The zero-order chi connectivity index (χ0) is 20.0. The molecule has 27 heavy (non-hydrogen) atoms. The number of nitrogens with zero attached hydrogens (tertiary/aromatic N) is 1. The number of carbonyl (C=O) groups excluding carboxylic acids is 2. The van der Waals surface area contributed by atoms with Crippen molar-refractivity contribution in [2.24, 2.45) is 11.1 Å². The zero-order valence-corrected chi connectivity index (χ0v) is 16.9. The van der Waals surface area contributed by atoms with E-state index in [1.807, 2.05) is 56.0 Å². The molecular weight excluding hydrogens is 342 g/mol. The summed E-state index contributed by atoms with van der Waals surface area (Å²) in [6.07, 6.45) is 1.86. The third kappa shape index (κ3) is 6.04. The predicted molar refractivity (Wildman–Crippen MR) is 106 cm³/mol. The lowest BCUT2D eigenvalue weighted by Gasteiger charge is -2.36. The molecule has 3 N–H and O–H groups in total. The van der Waals surface area contributed by atoms with Gasteiger partial charge >= 0.3 is 0 Å². The second kappa shape index (κ2) is 9.33. The molecule has 2 amide bonds. The van der Waals surface area contributed by atoms with Crippen molar-refractivity contribution in [1.29, 1.82) is 0 Å². The number of likely N-dealkylation sites (tertiary alicyclic amines) is 1. The van der Waals surface area contributed by atoms with E-state index in [2.05, 4.69) is 5.32 Å². The largest absolute Gasteiger partial charge is 0.375 e. The molecule has 1 saturated heterocycles. The summed E-state index contributed by atoms with van der Waals surface area (Å²) in [5.74, 6) is -0.360. The van der Waals surface area contributed by atoms with Gasteiger partial charge in [-0.15, -0.1) is 0 Å². The summed E-state index contributed by atoms with van der Waals surface area (Å²) in [6, 6.07) is 8.78. The smallest absolute Gasteiger partial charge is 0.246 e. The minimum absolute atomic E-state index is 0.0401. The Kier molecular flexibility index (Phi) is 7.39. The van der Waals surface area contributed by atoms with Gasteiger partial charge in [-0.05, 0) is 30.7 Å². The van der Waals surface area contributed by atoms with E-state index in [4.69, 9.17) is 10.5 Å². The van der Waals surface area contributed by atoms with Crippen molar-refractivity contribution in [3.63, 3.8) is 0 Å². The lowest BCUT2D eigenvalue weighted by atomic mass is 9.85. The van der Waals surface area contributed by atoms with Crippen molar-refractivity contribution < 1.29 is 14.3 Å². The van der Waals surface area contributed by atoms with Crippen molar-refractivity contribution in [1.82, 2.24) is 10.2 Å². The van der Waals surface area contributed by atoms with E-state index in [0.29, 0.717) is 19.8 Å².